The number of ether oxygens (including phenoxy) is 4. The molecule has 4 bridgehead atoms. The van der Waals surface area contributed by atoms with Gasteiger partial charge in [-0.3, -0.25) is 19.3 Å². The van der Waals surface area contributed by atoms with Crippen LogP contribution in [0.15, 0.2) is 0 Å². The van der Waals surface area contributed by atoms with Crippen molar-refractivity contribution in [2.24, 2.45) is 35.5 Å². The Balaban J connectivity index is 1.17. The van der Waals surface area contributed by atoms with Crippen LogP contribution >= 0.6 is 0 Å². The van der Waals surface area contributed by atoms with Crippen molar-refractivity contribution in [2.45, 2.75) is 63.3 Å². The molecule has 176 valence electrons. The van der Waals surface area contributed by atoms with Crippen molar-refractivity contribution in [2.75, 3.05) is 32.8 Å². The van der Waals surface area contributed by atoms with Gasteiger partial charge in [0.15, 0.2) is 0 Å². The number of morpholine rings is 1. The third-order valence-corrected chi connectivity index (χ3v) is 9.36. The molecule has 4 aliphatic carbocycles. The van der Waals surface area contributed by atoms with Crippen LogP contribution in [0.3, 0.4) is 0 Å². The fraction of sp³-hybridized carbons (Fsp3) is 0.875. The Kier molecular flexibility index (Phi) is 5.02. The average molecular weight is 448 g/mol. The average Bonchev–Trinajstić information content (AvgIpc) is 3.56. The Labute approximate surface area is 188 Å². The summed E-state index contributed by atoms with van der Waals surface area (Å²) in [5.41, 5.74) is -0.383. The molecule has 8 heteroatoms. The molecule has 0 aromatic heterocycles. The number of carbonyl (C=O) groups is 3. The number of hydrogen-bond acceptors (Lipinski definition) is 8. The van der Waals surface area contributed by atoms with Crippen molar-refractivity contribution in [3.8, 4) is 0 Å². The highest BCUT2D eigenvalue weighted by Crippen LogP contribution is 2.60. The summed E-state index contributed by atoms with van der Waals surface area (Å²) in [6, 6.07) is 0. The molecule has 0 aromatic rings. The largest absolute Gasteiger partial charge is 0.459 e. The van der Waals surface area contributed by atoms with Crippen LogP contribution < -0.4 is 0 Å². The third kappa shape index (κ3) is 3.12. The standard InChI is InChI=1S/C24H33NO7/c1-2-24(11-13-3-4-14(24)9-13)32-23(28)19-16-10-15-18(19)22(27)31-21(15)20(16)30-17(26)12-25-5-7-29-8-6-25/h13-16,18-21H,2-12H2,1H3. The molecular weight excluding hydrogens is 414 g/mol. The van der Waals surface area contributed by atoms with Gasteiger partial charge < -0.3 is 18.9 Å². The van der Waals surface area contributed by atoms with Gasteiger partial charge in [0.05, 0.1) is 31.6 Å². The summed E-state index contributed by atoms with van der Waals surface area (Å²) in [5.74, 6) is -1.09. The molecule has 0 spiro atoms. The lowest BCUT2D eigenvalue weighted by Crippen LogP contribution is -2.48. The van der Waals surface area contributed by atoms with E-state index in [4.69, 9.17) is 18.9 Å². The van der Waals surface area contributed by atoms with Gasteiger partial charge in [-0.2, -0.15) is 0 Å². The van der Waals surface area contributed by atoms with Crippen molar-refractivity contribution in [1.82, 2.24) is 4.90 Å². The quantitative estimate of drug-likeness (QED) is 0.447. The smallest absolute Gasteiger partial charge is 0.320 e. The summed E-state index contributed by atoms with van der Waals surface area (Å²) >= 11 is 0. The van der Waals surface area contributed by atoms with E-state index in [1.807, 2.05) is 4.90 Å². The maximum atomic E-state index is 13.5. The predicted octanol–water partition coefficient (Wildman–Crippen LogP) is 1.55. The van der Waals surface area contributed by atoms with Crippen molar-refractivity contribution in [1.29, 1.82) is 0 Å². The Morgan fingerprint density at radius 3 is 2.66 bits per heavy atom. The van der Waals surface area contributed by atoms with Gasteiger partial charge in [-0.1, -0.05) is 6.92 Å². The minimum Gasteiger partial charge on any atom is -0.459 e. The van der Waals surface area contributed by atoms with Gasteiger partial charge in [-0.15, -0.1) is 0 Å². The first-order valence-corrected chi connectivity index (χ1v) is 12.4. The normalized spacial score (nSPS) is 46.5. The molecule has 6 aliphatic rings. The van der Waals surface area contributed by atoms with E-state index in [-0.39, 0.29) is 41.9 Å². The highest BCUT2D eigenvalue weighted by Gasteiger charge is 2.70. The molecule has 0 N–H and O–H groups in total. The zero-order chi connectivity index (χ0) is 22.0. The topological polar surface area (TPSA) is 91.4 Å². The molecular formula is C24H33NO7. The fourth-order valence-corrected chi connectivity index (χ4v) is 7.89. The van der Waals surface area contributed by atoms with E-state index in [1.54, 1.807) is 0 Å². The van der Waals surface area contributed by atoms with Gasteiger partial charge in [-0.25, -0.2) is 0 Å². The summed E-state index contributed by atoms with van der Waals surface area (Å²) < 4.78 is 23.1. The zero-order valence-corrected chi connectivity index (χ0v) is 18.7. The second-order valence-corrected chi connectivity index (χ2v) is 10.8. The molecule has 32 heavy (non-hydrogen) atoms. The van der Waals surface area contributed by atoms with Crippen LogP contribution in [0.1, 0.15) is 45.4 Å². The Morgan fingerprint density at radius 1 is 1.16 bits per heavy atom. The molecule has 2 saturated heterocycles. The summed E-state index contributed by atoms with van der Waals surface area (Å²) in [7, 11) is 0. The van der Waals surface area contributed by atoms with Gasteiger partial charge in [-0.05, 0) is 50.4 Å². The molecule has 0 aromatic carbocycles. The Hall–Kier alpha value is -1.67. The molecule has 9 atom stereocenters. The van der Waals surface area contributed by atoms with Gasteiger partial charge >= 0.3 is 17.9 Å². The van der Waals surface area contributed by atoms with E-state index in [0.717, 1.165) is 25.7 Å². The van der Waals surface area contributed by atoms with E-state index in [1.165, 1.54) is 6.42 Å². The third-order valence-electron chi connectivity index (χ3n) is 9.36. The lowest BCUT2D eigenvalue weighted by Gasteiger charge is -2.39. The molecule has 6 rings (SSSR count). The highest BCUT2D eigenvalue weighted by molar-refractivity contribution is 5.86. The van der Waals surface area contributed by atoms with Crippen LogP contribution in [0, 0.1) is 35.5 Å². The first kappa shape index (κ1) is 20.9. The lowest BCUT2D eigenvalue weighted by molar-refractivity contribution is -0.180. The van der Waals surface area contributed by atoms with Crippen molar-refractivity contribution >= 4 is 17.9 Å². The van der Waals surface area contributed by atoms with E-state index < -0.39 is 24.0 Å². The summed E-state index contributed by atoms with van der Waals surface area (Å²) in [5, 5.41) is 0. The molecule has 2 heterocycles. The summed E-state index contributed by atoms with van der Waals surface area (Å²) in [4.78, 5) is 40.9. The van der Waals surface area contributed by atoms with E-state index in [0.29, 0.717) is 44.6 Å². The molecule has 6 fully saturated rings. The Morgan fingerprint density at radius 2 is 1.97 bits per heavy atom. The molecule has 0 amide bonds. The van der Waals surface area contributed by atoms with E-state index in [9.17, 15) is 14.4 Å². The Bertz CT molecular complexity index is 810. The number of hydrogen-bond donors (Lipinski definition) is 0. The predicted molar refractivity (Wildman–Crippen MR) is 110 cm³/mol. The highest BCUT2D eigenvalue weighted by atomic mass is 16.6. The molecule has 9 unspecified atom stereocenters. The van der Waals surface area contributed by atoms with E-state index >= 15 is 0 Å². The van der Waals surface area contributed by atoms with Crippen molar-refractivity contribution < 1.29 is 33.3 Å². The number of carbonyl (C=O) groups excluding carboxylic acids is 3. The van der Waals surface area contributed by atoms with Gasteiger partial charge in [0.25, 0.3) is 0 Å². The summed E-state index contributed by atoms with van der Waals surface area (Å²) in [6.45, 7) is 4.91. The summed E-state index contributed by atoms with van der Waals surface area (Å²) in [6.07, 6.45) is 4.97. The molecule has 8 nitrogen and oxygen atoms in total. The van der Waals surface area contributed by atoms with Gasteiger partial charge in [0, 0.05) is 24.9 Å². The maximum Gasteiger partial charge on any atom is 0.320 e. The molecule has 4 saturated carbocycles. The number of esters is 3. The van der Waals surface area contributed by atoms with Crippen LogP contribution in [0.25, 0.3) is 0 Å². The fourth-order valence-electron chi connectivity index (χ4n) is 7.89. The monoisotopic (exact) mass is 447 g/mol. The van der Waals surface area contributed by atoms with Gasteiger partial charge in [0.2, 0.25) is 0 Å². The van der Waals surface area contributed by atoms with Crippen molar-refractivity contribution in [3.63, 3.8) is 0 Å². The number of fused-ring (bicyclic) bond motifs is 3. The maximum absolute atomic E-state index is 13.5. The second kappa shape index (κ2) is 7.69. The minimum atomic E-state index is -0.560. The first-order valence-electron chi connectivity index (χ1n) is 12.4. The molecule has 2 aliphatic heterocycles. The zero-order valence-electron chi connectivity index (χ0n) is 18.7. The molecule has 0 radical (unpaired) electrons. The number of rotatable bonds is 6. The first-order chi connectivity index (χ1) is 15.5. The lowest BCUT2D eigenvalue weighted by atomic mass is 9.77. The van der Waals surface area contributed by atoms with Crippen LogP contribution in [-0.4, -0.2) is 73.5 Å². The van der Waals surface area contributed by atoms with Crippen molar-refractivity contribution in [3.05, 3.63) is 0 Å². The van der Waals surface area contributed by atoms with E-state index in [2.05, 4.69) is 6.92 Å². The van der Waals surface area contributed by atoms with Crippen LogP contribution in [0.5, 0.6) is 0 Å². The minimum absolute atomic E-state index is 0.0520. The SMILES string of the molecule is CCC1(OC(=O)C2C3CC4C(OC(=O)C42)C3OC(=O)CN2CCOCC2)CC2CCC1C2. The van der Waals surface area contributed by atoms with Crippen LogP contribution in [0.4, 0.5) is 0 Å². The van der Waals surface area contributed by atoms with Crippen LogP contribution in [0.2, 0.25) is 0 Å². The second-order valence-electron chi connectivity index (χ2n) is 10.8. The number of nitrogens with zero attached hydrogens (tertiary/aromatic N) is 1. The van der Waals surface area contributed by atoms with Gasteiger partial charge in [0.1, 0.15) is 17.8 Å². The van der Waals surface area contributed by atoms with Crippen LogP contribution in [-0.2, 0) is 33.3 Å².